The van der Waals surface area contributed by atoms with E-state index in [-0.39, 0.29) is 18.1 Å². The quantitative estimate of drug-likeness (QED) is 0.772. The first-order valence-electron chi connectivity index (χ1n) is 7.08. The van der Waals surface area contributed by atoms with Crippen molar-refractivity contribution in [1.29, 1.82) is 0 Å². The molecule has 3 rings (SSSR count). The van der Waals surface area contributed by atoms with Gasteiger partial charge in [0.15, 0.2) is 0 Å². The van der Waals surface area contributed by atoms with E-state index in [1.165, 1.54) is 24.4 Å². The van der Waals surface area contributed by atoms with Crippen LogP contribution in [0.2, 0.25) is 0 Å². The molecule has 0 amide bonds. The maximum atomic E-state index is 14.0. The SMILES string of the molecule is Cc1onc(-c2ccccc2F)c1COc1ccc(C(=O)O)cn1. The van der Waals surface area contributed by atoms with Crippen molar-refractivity contribution < 1.29 is 23.6 Å². The van der Waals surface area contributed by atoms with Crippen LogP contribution in [0.25, 0.3) is 11.3 Å². The number of aryl methyl sites for hydroxylation is 1. The molecule has 1 N–H and O–H groups in total. The third-order valence-corrected chi connectivity index (χ3v) is 3.46. The van der Waals surface area contributed by atoms with Gasteiger partial charge in [-0.15, -0.1) is 0 Å². The van der Waals surface area contributed by atoms with E-state index in [1.807, 2.05) is 0 Å². The Balaban J connectivity index is 1.82. The lowest BCUT2D eigenvalue weighted by atomic mass is 10.1. The number of hydrogen-bond donors (Lipinski definition) is 1. The number of pyridine rings is 1. The van der Waals surface area contributed by atoms with E-state index in [0.717, 1.165) is 0 Å². The average molecular weight is 328 g/mol. The van der Waals surface area contributed by atoms with Crippen LogP contribution in [-0.2, 0) is 6.61 Å². The number of ether oxygens (including phenoxy) is 1. The van der Waals surface area contributed by atoms with Gasteiger partial charge in [0.05, 0.1) is 11.1 Å². The Morgan fingerprint density at radius 2 is 2.08 bits per heavy atom. The summed E-state index contributed by atoms with van der Waals surface area (Å²) < 4.78 is 24.6. The summed E-state index contributed by atoms with van der Waals surface area (Å²) in [4.78, 5) is 14.7. The largest absolute Gasteiger partial charge is 0.478 e. The molecule has 0 aliphatic rings. The molecule has 122 valence electrons. The van der Waals surface area contributed by atoms with Crippen LogP contribution < -0.4 is 4.74 Å². The summed E-state index contributed by atoms with van der Waals surface area (Å²) in [6, 6.07) is 9.10. The van der Waals surface area contributed by atoms with Gasteiger partial charge in [-0.3, -0.25) is 0 Å². The minimum atomic E-state index is -1.06. The maximum absolute atomic E-state index is 14.0. The lowest BCUT2D eigenvalue weighted by Crippen LogP contribution is -2.02. The number of carboxylic acid groups (broad SMARTS) is 1. The van der Waals surface area contributed by atoms with Gasteiger partial charge in [-0.25, -0.2) is 14.2 Å². The molecule has 0 aliphatic carbocycles. The predicted octanol–water partition coefficient (Wildman–Crippen LogP) is 3.46. The Labute approximate surface area is 136 Å². The van der Waals surface area contributed by atoms with E-state index < -0.39 is 11.8 Å². The lowest BCUT2D eigenvalue weighted by Gasteiger charge is -2.06. The summed E-state index contributed by atoms with van der Waals surface area (Å²) in [5, 5.41) is 12.7. The summed E-state index contributed by atoms with van der Waals surface area (Å²) >= 11 is 0. The maximum Gasteiger partial charge on any atom is 0.337 e. The van der Waals surface area contributed by atoms with Crippen LogP contribution in [0, 0.1) is 12.7 Å². The number of carbonyl (C=O) groups is 1. The summed E-state index contributed by atoms with van der Waals surface area (Å²) in [6.07, 6.45) is 1.20. The minimum Gasteiger partial charge on any atom is -0.478 e. The first kappa shape index (κ1) is 15.7. The molecule has 0 spiro atoms. The van der Waals surface area contributed by atoms with Gasteiger partial charge in [0.2, 0.25) is 5.88 Å². The van der Waals surface area contributed by atoms with E-state index in [1.54, 1.807) is 25.1 Å². The van der Waals surface area contributed by atoms with Crippen molar-refractivity contribution in [1.82, 2.24) is 10.1 Å². The standard InChI is InChI=1S/C17H13FN2O4/c1-10-13(9-23-15-7-6-11(8-19-15)17(21)22)16(20-24-10)12-4-2-3-5-14(12)18/h2-8H,9H2,1H3,(H,21,22). The van der Waals surface area contributed by atoms with Gasteiger partial charge in [0, 0.05) is 17.8 Å². The van der Waals surface area contributed by atoms with Gasteiger partial charge in [-0.05, 0) is 25.1 Å². The van der Waals surface area contributed by atoms with Crippen molar-refractivity contribution >= 4 is 5.97 Å². The first-order valence-corrected chi connectivity index (χ1v) is 7.08. The molecule has 0 unspecified atom stereocenters. The number of benzene rings is 1. The van der Waals surface area contributed by atoms with Gasteiger partial charge in [-0.1, -0.05) is 17.3 Å². The van der Waals surface area contributed by atoms with E-state index in [9.17, 15) is 9.18 Å². The fraction of sp³-hybridized carbons (Fsp3) is 0.118. The summed E-state index contributed by atoms with van der Waals surface area (Å²) in [7, 11) is 0. The molecule has 0 bridgehead atoms. The zero-order chi connectivity index (χ0) is 17.1. The number of carboxylic acids is 1. The normalized spacial score (nSPS) is 10.6. The Bertz CT molecular complexity index is 875. The molecule has 2 aromatic heterocycles. The van der Waals surface area contributed by atoms with E-state index >= 15 is 0 Å². The highest BCUT2D eigenvalue weighted by Crippen LogP contribution is 2.28. The van der Waals surface area contributed by atoms with Crippen LogP contribution in [0.5, 0.6) is 5.88 Å². The van der Waals surface area contributed by atoms with E-state index in [0.29, 0.717) is 22.6 Å². The van der Waals surface area contributed by atoms with Crippen LogP contribution in [0.1, 0.15) is 21.7 Å². The third-order valence-electron chi connectivity index (χ3n) is 3.46. The summed E-state index contributed by atoms with van der Waals surface area (Å²) in [6.45, 7) is 1.77. The molecule has 7 heteroatoms. The van der Waals surface area contributed by atoms with Crippen LogP contribution in [0.15, 0.2) is 47.1 Å². The van der Waals surface area contributed by atoms with E-state index in [4.69, 9.17) is 14.4 Å². The second-order valence-corrected chi connectivity index (χ2v) is 5.02. The van der Waals surface area contributed by atoms with Gasteiger partial charge >= 0.3 is 5.97 Å². The molecule has 0 saturated heterocycles. The van der Waals surface area contributed by atoms with Crippen LogP contribution >= 0.6 is 0 Å². The lowest BCUT2D eigenvalue weighted by molar-refractivity contribution is 0.0696. The van der Waals surface area contributed by atoms with Crippen molar-refractivity contribution in [3.05, 3.63) is 65.3 Å². The average Bonchev–Trinajstić information content (AvgIpc) is 2.94. The molecule has 0 saturated carbocycles. The zero-order valence-electron chi connectivity index (χ0n) is 12.7. The number of halogens is 1. The Kier molecular flexibility index (Phi) is 4.24. The number of aromatic nitrogens is 2. The fourth-order valence-corrected chi connectivity index (χ4v) is 2.16. The highest BCUT2D eigenvalue weighted by Gasteiger charge is 2.18. The number of hydrogen-bond acceptors (Lipinski definition) is 5. The van der Waals surface area contributed by atoms with Crippen LogP contribution in [-0.4, -0.2) is 21.2 Å². The second kappa shape index (κ2) is 6.49. The highest BCUT2D eigenvalue weighted by atomic mass is 19.1. The van der Waals surface area contributed by atoms with Gasteiger partial charge in [-0.2, -0.15) is 0 Å². The molecule has 0 radical (unpaired) electrons. The van der Waals surface area contributed by atoms with Crippen molar-refractivity contribution in [2.24, 2.45) is 0 Å². The molecule has 2 heterocycles. The van der Waals surface area contributed by atoms with Gasteiger partial charge in [0.1, 0.15) is 23.9 Å². The van der Waals surface area contributed by atoms with Crippen molar-refractivity contribution in [3.8, 4) is 17.1 Å². The third kappa shape index (κ3) is 3.10. The molecular formula is C17H13FN2O4. The number of aromatic carboxylic acids is 1. The first-order chi connectivity index (χ1) is 11.6. The monoisotopic (exact) mass is 328 g/mol. The minimum absolute atomic E-state index is 0.0653. The van der Waals surface area contributed by atoms with Crippen LogP contribution in [0.4, 0.5) is 4.39 Å². The summed E-state index contributed by atoms with van der Waals surface area (Å²) in [5.74, 6) is -0.711. The topological polar surface area (TPSA) is 85.5 Å². The molecular weight excluding hydrogens is 315 g/mol. The number of rotatable bonds is 5. The molecule has 0 atom stereocenters. The Morgan fingerprint density at radius 3 is 2.75 bits per heavy atom. The Morgan fingerprint density at radius 1 is 1.29 bits per heavy atom. The second-order valence-electron chi connectivity index (χ2n) is 5.02. The number of nitrogens with zero attached hydrogens (tertiary/aromatic N) is 2. The molecule has 0 aliphatic heterocycles. The van der Waals surface area contributed by atoms with E-state index in [2.05, 4.69) is 10.1 Å². The molecule has 0 fully saturated rings. The highest BCUT2D eigenvalue weighted by molar-refractivity contribution is 5.87. The van der Waals surface area contributed by atoms with Crippen LogP contribution in [0.3, 0.4) is 0 Å². The smallest absolute Gasteiger partial charge is 0.337 e. The van der Waals surface area contributed by atoms with Crippen molar-refractivity contribution in [2.45, 2.75) is 13.5 Å². The van der Waals surface area contributed by atoms with Crippen molar-refractivity contribution in [2.75, 3.05) is 0 Å². The fourth-order valence-electron chi connectivity index (χ4n) is 2.16. The van der Waals surface area contributed by atoms with Gasteiger partial charge in [0.25, 0.3) is 0 Å². The molecule has 3 aromatic rings. The predicted molar refractivity (Wildman–Crippen MR) is 82.2 cm³/mol. The summed E-state index contributed by atoms with van der Waals surface area (Å²) in [5.41, 5.74) is 1.36. The molecule has 1 aromatic carbocycles. The zero-order valence-corrected chi connectivity index (χ0v) is 12.7. The van der Waals surface area contributed by atoms with Crippen molar-refractivity contribution in [3.63, 3.8) is 0 Å². The van der Waals surface area contributed by atoms with Gasteiger partial charge < -0.3 is 14.4 Å². The Hall–Kier alpha value is -3.22. The molecule has 6 nitrogen and oxygen atoms in total. The molecule has 24 heavy (non-hydrogen) atoms.